The normalized spacial score (nSPS) is 10.2. The van der Waals surface area contributed by atoms with E-state index in [-0.39, 0.29) is 5.91 Å². The van der Waals surface area contributed by atoms with Gasteiger partial charge in [0.05, 0.1) is 12.4 Å². The van der Waals surface area contributed by atoms with E-state index in [0.29, 0.717) is 24.6 Å². The van der Waals surface area contributed by atoms with Crippen molar-refractivity contribution in [3.63, 3.8) is 0 Å². The summed E-state index contributed by atoms with van der Waals surface area (Å²) < 4.78 is 5.41. The molecular weight excluding hydrogens is 248 g/mol. The zero-order valence-corrected chi connectivity index (χ0v) is 11.9. The van der Waals surface area contributed by atoms with E-state index in [9.17, 15) is 4.79 Å². The first-order valence-corrected chi connectivity index (χ1v) is 6.96. The van der Waals surface area contributed by atoms with Crippen LogP contribution in [0.1, 0.15) is 13.8 Å². The molecule has 100 valence electrons. The molecule has 0 aliphatic carbocycles. The number of hydrogen-bond acceptors (Lipinski definition) is 4. The summed E-state index contributed by atoms with van der Waals surface area (Å²) >= 11 is 1.44. The first kappa shape index (κ1) is 14.7. The standard InChI is InChI=1S/C13H20N2O2S/c1-4-15(3)13(16)9-18-12-8-10(17-5-2)6-7-11(12)14/h6-8H,4-5,9,14H2,1-3H3. The summed E-state index contributed by atoms with van der Waals surface area (Å²) in [6.45, 7) is 5.22. The van der Waals surface area contributed by atoms with E-state index in [1.807, 2.05) is 26.0 Å². The molecule has 0 radical (unpaired) electrons. The van der Waals surface area contributed by atoms with Crippen molar-refractivity contribution in [3.05, 3.63) is 18.2 Å². The second kappa shape index (κ2) is 7.16. The van der Waals surface area contributed by atoms with Gasteiger partial charge < -0.3 is 15.4 Å². The lowest BCUT2D eigenvalue weighted by Gasteiger charge is -2.14. The molecule has 0 fully saturated rings. The third-order valence-corrected chi connectivity index (χ3v) is 3.60. The predicted octanol–water partition coefficient (Wildman–Crippen LogP) is 2.24. The fraction of sp³-hybridized carbons (Fsp3) is 0.462. The molecule has 0 spiro atoms. The monoisotopic (exact) mass is 268 g/mol. The lowest BCUT2D eigenvalue weighted by Crippen LogP contribution is -2.27. The van der Waals surface area contributed by atoms with E-state index in [1.165, 1.54) is 11.8 Å². The van der Waals surface area contributed by atoms with Crippen LogP contribution in [0.4, 0.5) is 5.69 Å². The molecule has 1 aromatic rings. The van der Waals surface area contributed by atoms with Crippen LogP contribution < -0.4 is 10.5 Å². The molecule has 0 unspecified atom stereocenters. The second-order valence-corrected chi connectivity index (χ2v) is 4.85. The summed E-state index contributed by atoms with van der Waals surface area (Å²) in [6.07, 6.45) is 0. The zero-order valence-electron chi connectivity index (χ0n) is 11.1. The molecule has 0 saturated heterocycles. The molecule has 2 N–H and O–H groups in total. The number of benzene rings is 1. The van der Waals surface area contributed by atoms with Crippen LogP contribution in [0.5, 0.6) is 5.75 Å². The quantitative estimate of drug-likeness (QED) is 0.635. The molecule has 0 bridgehead atoms. The summed E-state index contributed by atoms with van der Waals surface area (Å²) in [5.74, 6) is 1.28. The maximum Gasteiger partial charge on any atom is 0.232 e. The van der Waals surface area contributed by atoms with Gasteiger partial charge in [-0.05, 0) is 32.0 Å². The van der Waals surface area contributed by atoms with Crippen molar-refractivity contribution in [2.45, 2.75) is 18.7 Å². The number of nitrogen functional groups attached to an aromatic ring is 1. The van der Waals surface area contributed by atoms with Crippen molar-refractivity contribution in [1.82, 2.24) is 4.90 Å². The van der Waals surface area contributed by atoms with Crippen molar-refractivity contribution >= 4 is 23.4 Å². The van der Waals surface area contributed by atoms with Gasteiger partial charge in [0, 0.05) is 24.2 Å². The fourth-order valence-corrected chi connectivity index (χ4v) is 2.26. The average molecular weight is 268 g/mol. The highest BCUT2D eigenvalue weighted by molar-refractivity contribution is 8.00. The predicted molar refractivity (Wildman–Crippen MR) is 76.1 cm³/mol. The van der Waals surface area contributed by atoms with Crippen LogP contribution in [0.15, 0.2) is 23.1 Å². The minimum Gasteiger partial charge on any atom is -0.494 e. The third-order valence-electron chi connectivity index (χ3n) is 2.55. The number of hydrogen-bond donors (Lipinski definition) is 1. The first-order valence-electron chi connectivity index (χ1n) is 5.97. The van der Waals surface area contributed by atoms with E-state index in [1.54, 1.807) is 18.0 Å². The molecule has 18 heavy (non-hydrogen) atoms. The Morgan fingerprint density at radius 1 is 1.44 bits per heavy atom. The van der Waals surface area contributed by atoms with E-state index in [0.717, 1.165) is 10.6 Å². The largest absolute Gasteiger partial charge is 0.494 e. The molecule has 0 saturated carbocycles. The van der Waals surface area contributed by atoms with Crippen molar-refractivity contribution in [1.29, 1.82) is 0 Å². The topological polar surface area (TPSA) is 55.6 Å². The number of nitrogens with two attached hydrogens (primary N) is 1. The van der Waals surface area contributed by atoms with Crippen LogP contribution >= 0.6 is 11.8 Å². The molecule has 0 atom stereocenters. The highest BCUT2D eigenvalue weighted by atomic mass is 32.2. The van der Waals surface area contributed by atoms with Gasteiger partial charge in [0.25, 0.3) is 0 Å². The summed E-state index contributed by atoms with van der Waals surface area (Å²) in [4.78, 5) is 14.3. The number of anilines is 1. The number of carbonyl (C=O) groups excluding carboxylic acids is 1. The van der Waals surface area contributed by atoms with Crippen LogP contribution in [0.3, 0.4) is 0 Å². The Hall–Kier alpha value is -1.36. The van der Waals surface area contributed by atoms with Crippen LogP contribution in [0.25, 0.3) is 0 Å². The molecule has 0 heterocycles. The van der Waals surface area contributed by atoms with Crippen molar-refractivity contribution in [3.8, 4) is 5.75 Å². The fourth-order valence-electron chi connectivity index (χ4n) is 1.32. The maximum absolute atomic E-state index is 11.7. The zero-order chi connectivity index (χ0) is 13.5. The summed E-state index contributed by atoms with van der Waals surface area (Å²) in [5.41, 5.74) is 6.56. The molecule has 1 aromatic carbocycles. The van der Waals surface area contributed by atoms with Crippen LogP contribution in [-0.4, -0.2) is 36.8 Å². The van der Waals surface area contributed by atoms with Gasteiger partial charge in [-0.1, -0.05) is 0 Å². The molecule has 1 amide bonds. The Morgan fingerprint density at radius 3 is 2.78 bits per heavy atom. The van der Waals surface area contributed by atoms with Gasteiger partial charge in [-0.15, -0.1) is 11.8 Å². The van der Waals surface area contributed by atoms with Crippen LogP contribution in [0, 0.1) is 0 Å². The molecule has 0 aliphatic heterocycles. The SMILES string of the molecule is CCOc1ccc(N)c(SCC(=O)N(C)CC)c1. The molecule has 0 aliphatic rings. The smallest absolute Gasteiger partial charge is 0.232 e. The highest BCUT2D eigenvalue weighted by Crippen LogP contribution is 2.29. The molecular formula is C13H20N2O2S. The van der Waals surface area contributed by atoms with Crippen LogP contribution in [0.2, 0.25) is 0 Å². The first-order chi connectivity index (χ1) is 8.58. The molecule has 4 nitrogen and oxygen atoms in total. The Bertz CT molecular complexity index is 410. The van der Waals surface area contributed by atoms with Gasteiger partial charge in [-0.2, -0.15) is 0 Å². The van der Waals surface area contributed by atoms with Gasteiger partial charge >= 0.3 is 0 Å². The third kappa shape index (κ3) is 4.14. The van der Waals surface area contributed by atoms with Crippen molar-refractivity contribution in [2.75, 3.05) is 31.7 Å². The number of nitrogens with zero attached hydrogens (tertiary/aromatic N) is 1. The lowest BCUT2D eigenvalue weighted by molar-refractivity contribution is -0.126. The summed E-state index contributed by atoms with van der Waals surface area (Å²) in [6, 6.07) is 5.52. The van der Waals surface area contributed by atoms with Gasteiger partial charge in [0.15, 0.2) is 0 Å². The Morgan fingerprint density at radius 2 is 2.17 bits per heavy atom. The van der Waals surface area contributed by atoms with Crippen LogP contribution in [-0.2, 0) is 4.79 Å². The number of rotatable bonds is 6. The minimum atomic E-state index is 0.101. The van der Waals surface area contributed by atoms with Crippen molar-refractivity contribution < 1.29 is 9.53 Å². The second-order valence-electron chi connectivity index (χ2n) is 3.83. The Balaban J connectivity index is 2.66. The van der Waals surface area contributed by atoms with E-state index >= 15 is 0 Å². The molecule has 5 heteroatoms. The molecule has 0 aromatic heterocycles. The van der Waals surface area contributed by atoms with Gasteiger partial charge in [-0.25, -0.2) is 0 Å². The van der Waals surface area contributed by atoms with Gasteiger partial charge in [0.2, 0.25) is 5.91 Å². The highest BCUT2D eigenvalue weighted by Gasteiger charge is 2.09. The Kier molecular flexibility index (Phi) is 5.85. The summed E-state index contributed by atoms with van der Waals surface area (Å²) in [5, 5.41) is 0. The van der Waals surface area contributed by atoms with E-state index in [2.05, 4.69) is 0 Å². The average Bonchev–Trinajstić information content (AvgIpc) is 2.38. The minimum absolute atomic E-state index is 0.101. The number of amides is 1. The Labute approximate surface area is 112 Å². The summed E-state index contributed by atoms with van der Waals surface area (Å²) in [7, 11) is 1.79. The van der Waals surface area contributed by atoms with E-state index < -0.39 is 0 Å². The lowest BCUT2D eigenvalue weighted by atomic mass is 10.3. The maximum atomic E-state index is 11.7. The molecule has 1 rings (SSSR count). The number of carbonyl (C=O) groups is 1. The van der Waals surface area contributed by atoms with Crippen molar-refractivity contribution in [2.24, 2.45) is 0 Å². The van der Waals surface area contributed by atoms with Gasteiger partial charge in [-0.3, -0.25) is 4.79 Å². The number of thioether (sulfide) groups is 1. The van der Waals surface area contributed by atoms with E-state index in [4.69, 9.17) is 10.5 Å². The number of ether oxygens (including phenoxy) is 1. The van der Waals surface area contributed by atoms with Gasteiger partial charge in [0.1, 0.15) is 5.75 Å².